The number of rotatable bonds is 9. The molecule has 44 heavy (non-hydrogen) atoms. The van der Waals surface area contributed by atoms with E-state index in [1.165, 1.54) is 35.8 Å². The molecule has 1 aromatic heterocycles. The first kappa shape index (κ1) is 31.9. The third-order valence-electron chi connectivity index (χ3n) is 8.88. The highest BCUT2D eigenvalue weighted by Crippen LogP contribution is 2.45. The maximum Gasteiger partial charge on any atom is 0.407 e. The number of hydrogen-bond donors (Lipinski definition) is 1. The van der Waals surface area contributed by atoms with Crippen LogP contribution in [0.25, 0.3) is 0 Å². The highest BCUT2D eigenvalue weighted by Gasteiger charge is 2.52. The van der Waals surface area contributed by atoms with E-state index < -0.39 is 11.4 Å². The van der Waals surface area contributed by atoms with Gasteiger partial charge < -0.3 is 29.5 Å². The lowest BCUT2D eigenvalue weighted by Crippen LogP contribution is -2.72. The van der Waals surface area contributed by atoms with Gasteiger partial charge in [0.25, 0.3) is 0 Å². The molecule has 1 aromatic carbocycles. The molecule has 0 bridgehead atoms. The topological polar surface area (TPSA) is 100 Å². The standard InChI is InChI=1S/C33H47FN6O4.H2/c1-22(2)30(41)38(6)26-15-24(34)9-12-27(26)43-28-16-35-21-36-29(28)40-19-33(20-40)17-39(18-33)14-13-23-7-10-25(11-8-23)37-31(42)44-32(3,4)5;/h9,12,15-16,21-23,25H,7-8,10-11,13-14,17-20H2,1-6H3,(H,37,42);1H. The molecule has 1 aliphatic carbocycles. The summed E-state index contributed by atoms with van der Waals surface area (Å²) in [4.78, 5) is 39.6. The summed E-state index contributed by atoms with van der Waals surface area (Å²) >= 11 is 0. The van der Waals surface area contributed by atoms with E-state index in [1.54, 1.807) is 13.2 Å². The predicted octanol–water partition coefficient (Wildman–Crippen LogP) is 5.87. The first-order valence-electron chi connectivity index (χ1n) is 15.8. The summed E-state index contributed by atoms with van der Waals surface area (Å²) in [6.07, 6.45) is 8.31. The Hall–Kier alpha value is -3.47. The molecule has 0 unspecified atom stereocenters. The number of hydrogen-bond acceptors (Lipinski definition) is 8. The van der Waals surface area contributed by atoms with Crippen molar-refractivity contribution in [3.05, 3.63) is 36.5 Å². The summed E-state index contributed by atoms with van der Waals surface area (Å²) in [6.45, 7) is 14.3. The van der Waals surface area contributed by atoms with E-state index in [9.17, 15) is 14.0 Å². The Labute approximate surface area is 261 Å². The lowest BCUT2D eigenvalue weighted by molar-refractivity contribution is -0.121. The van der Waals surface area contributed by atoms with E-state index >= 15 is 0 Å². The van der Waals surface area contributed by atoms with E-state index in [0.29, 0.717) is 28.9 Å². The fraction of sp³-hybridized carbons (Fsp3) is 0.636. The van der Waals surface area contributed by atoms with Gasteiger partial charge in [0, 0.05) is 58.1 Å². The smallest absolute Gasteiger partial charge is 0.407 e. The van der Waals surface area contributed by atoms with E-state index in [2.05, 4.69) is 25.1 Å². The molecular formula is C33H49FN6O4. The number of ether oxygens (including phenoxy) is 2. The summed E-state index contributed by atoms with van der Waals surface area (Å²) in [5.74, 6) is 1.44. The summed E-state index contributed by atoms with van der Waals surface area (Å²) in [5.41, 5.74) is 0.155. The number of aromatic nitrogens is 2. The van der Waals surface area contributed by atoms with E-state index in [1.807, 2.05) is 34.6 Å². The molecule has 1 saturated carbocycles. The fourth-order valence-electron chi connectivity index (χ4n) is 6.69. The molecule has 0 radical (unpaired) electrons. The molecule has 3 heterocycles. The zero-order chi connectivity index (χ0) is 31.6. The number of halogens is 1. The average Bonchev–Trinajstić information content (AvgIpc) is 2.92. The molecule has 3 fully saturated rings. The Morgan fingerprint density at radius 3 is 2.50 bits per heavy atom. The van der Waals surface area contributed by atoms with Gasteiger partial charge in [0.2, 0.25) is 5.91 Å². The normalized spacial score (nSPS) is 21.4. The number of benzene rings is 1. The summed E-state index contributed by atoms with van der Waals surface area (Å²) < 4.78 is 25.8. The maximum atomic E-state index is 14.2. The largest absolute Gasteiger partial charge is 0.450 e. The Balaban J connectivity index is 0.00000461. The van der Waals surface area contributed by atoms with Crippen LogP contribution in [0.2, 0.25) is 0 Å². The van der Waals surface area contributed by atoms with E-state index in [-0.39, 0.29) is 30.8 Å². The van der Waals surface area contributed by atoms with Crippen molar-refractivity contribution in [3.8, 4) is 11.5 Å². The van der Waals surface area contributed by atoms with Crippen LogP contribution < -0.4 is 19.9 Å². The lowest BCUT2D eigenvalue weighted by atomic mass is 9.72. The Morgan fingerprint density at radius 2 is 1.84 bits per heavy atom. The first-order chi connectivity index (χ1) is 20.8. The second-order valence-corrected chi connectivity index (χ2v) is 14.2. The van der Waals surface area contributed by atoms with E-state index in [0.717, 1.165) is 58.4 Å². The number of carbonyl (C=O) groups is 2. The minimum atomic E-state index is -0.473. The minimum Gasteiger partial charge on any atom is -0.450 e. The molecule has 0 atom stereocenters. The quantitative estimate of drug-likeness (QED) is 0.376. The molecule has 2 amide bonds. The second kappa shape index (κ2) is 12.9. The van der Waals surface area contributed by atoms with Gasteiger partial charge in [-0.2, -0.15) is 0 Å². The van der Waals surface area contributed by atoms with Gasteiger partial charge in [0.05, 0.1) is 11.9 Å². The van der Waals surface area contributed by atoms with Crippen molar-refractivity contribution in [2.24, 2.45) is 17.3 Å². The highest BCUT2D eigenvalue weighted by atomic mass is 19.1. The van der Waals surface area contributed by atoms with Crippen molar-refractivity contribution in [2.45, 2.75) is 78.4 Å². The Kier molecular flexibility index (Phi) is 9.34. The molecule has 2 saturated heterocycles. The summed E-state index contributed by atoms with van der Waals surface area (Å²) in [7, 11) is 1.63. The van der Waals surface area contributed by atoms with Gasteiger partial charge in [-0.3, -0.25) is 4.79 Å². The van der Waals surface area contributed by atoms with Crippen LogP contribution in [-0.2, 0) is 9.53 Å². The van der Waals surface area contributed by atoms with E-state index in [4.69, 9.17) is 9.47 Å². The third-order valence-corrected chi connectivity index (χ3v) is 8.88. The average molecular weight is 613 g/mol. The van der Waals surface area contributed by atoms with Crippen LogP contribution in [0.3, 0.4) is 0 Å². The first-order valence-corrected chi connectivity index (χ1v) is 15.8. The Morgan fingerprint density at radius 1 is 1.14 bits per heavy atom. The molecule has 242 valence electrons. The van der Waals surface area contributed by atoms with Crippen LogP contribution in [-0.4, -0.2) is 78.3 Å². The number of anilines is 2. The van der Waals surface area contributed by atoms with Crippen molar-refractivity contribution < 1.29 is 24.9 Å². The van der Waals surface area contributed by atoms with Gasteiger partial charge in [-0.25, -0.2) is 19.2 Å². The molecule has 1 spiro atoms. The second-order valence-electron chi connectivity index (χ2n) is 14.2. The van der Waals surface area contributed by atoms with Gasteiger partial charge in [0.1, 0.15) is 17.7 Å². The summed E-state index contributed by atoms with van der Waals surface area (Å²) in [5, 5.41) is 3.04. The SMILES string of the molecule is CC(C)C(=O)N(C)c1cc(F)ccc1Oc1cncnc1N1CC2(CN(CCC3CCC(NC(=O)OC(C)(C)C)CC3)C2)C1.[HH]. The number of amides is 2. The van der Waals surface area contributed by atoms with Crippen LogP contribution in [0.1, 0.15) is 68.1 Å². The van der Waals surface area contributed by atoms with Crippen LogP contribution in [0.4, 0.5) is 20.7 Å². The van der Waals surface area contributed by atoms with Crippen LogP contribution >= 0.6 is 0 Å². The molecule has 5 rings (SSSR count). The molecule has 3 aliphatic rings. The highest BCUT2D eigenvalue weighted by molar-refractivity contribution is 5.95. The number of alkyl carbamates (subject to hydrolysis) is 1. The number of carbonyl (C=O) groups excluding carboxylic acids is 2. The molecule has 2 aliphatic heterocycles. The van der Waals surface area contributed by atoms with Crippen molar-refractivity contribution >= 4 is 23.5 Å². The lowest BCUT2D eigenvalue weighted by Gasteiger charge is -2.61. The van der Waals surface area contributed by atoms with Crippen LogP contribution in [0, 0.1) is 23.1 Å². The maximum absolute atomic E-state index is 14.2. The van der Waals surface area contributed by atoms with Crippen LogP contribution in [0.15, 0.2) is 30.7 Å². The monoisotopic (exact) mass is 612 g/mol. The van der Waals surface area contributed by atoms with Gasteiger partial charge >= 0.3 is 6.09 Å². The zero-order valence-electron chi connectivity index (χ0n) is 26.9. The van der Waals surface area contributed by atoms with Gasteiger partial charge in [-0.1, -0.05) is 13.8 Å². The summed E-state index contributed by atoms with van der Waals surface area (Å²) in [6, 6.07) is 4.39. The van der Waals surface area contributed by atoms with Crippen molar-refractivity contribution in [1.82, 2.24) is 20.2 Å². The van der Waals surface area contributed by atoms with Gasteiger partial charge in [0.15, 0.2) is 17.3 Å². The molecule has 10 nitrogen and oxygen atoms in total. The molecule has 2 aromatic rings. The van der Waals surface area contributed by atoms with Gasteiger partial charge in [-0.15, -0.1) is 0 Å². The Bertz CT molecular complexity index is 1330. The fourth-order valence-corrected chi connectivity index (χ4v) is 6.69. The number of likely N-dealkylation sites (tertiary alicyclic amines) is 1. The van der Waals surface area contributed by atoms with Crippen molar-refractivity contribution in [2.75, 3.05) is 49.6 Å². The predicted molar refractivity (Wildman–Crippen MR) is 170 cm³/mol. The molecule has 1 N–H and O–H groups in total. The van der Waals surface area contributed by atoms with Gasteiger partial charge in [-0.05, 0) is 77.5 Å². The number of nitrogens with one attached hydrogen (secondary N) is 1. The third kappa shape index (κ3) is 7.60. The van der Waals surface area contributed by atoms with Crippen molar-refractivity contribution in [1.29, 1.82) is 0 Å². The minimum absolute atomic E-state index is 0. The molecular weight excluding hydrogens is 563 g/mol. The van der Waals surface area contributed by atoms with Crippen LogP contribution in [0.5, 0.6) is 11.5 Å². The zero-order valence-corrected chi connectivity index (χ0v) is 26.9. The molecule has 11 heteroatoms. The number of nitrogens with zero attached hydrogens (tertiary/aromatic N) is 5. The van der Waals surface area contributed by atoms with Crippen molar-refractivity contribution in [3.63, 3.8) is 0 Å².